The van der Waals surface area contributed by atoms with Crippen molar-refractivity contribution in [3.05, 3.63) is 65.2 Å². The molecule has 27 heavy (non-hydrogen) atoms. The van der Waals surface area contributed by atoms with Crippen molar-refractivity contribution in [1.29, 1.82) is 0 Å². The maximum atomic E-state index is 12.4. The van der Waals surface area contributed by atoms with Crippen molar-refractivity contribution in [2.24, 2.45) is 5.92 Å². The topological polar surface area (TPSA) is 58.6 Å². The number of nitrogens with zero attached hydrogens (tertiary/aromatic N) is 1. The molecular formula is C22H26N2O3. The highest BCUT2D eigenvalue weighted by atomic mass is 16.5. The van der Waals surface area contributed by atoms with Crippen LogP contribution in [0.2, 0.25) is 0 Å². The number of carbonyl (C=O) groups is 2. The van der Waals surface area contributed by atoms with E-state index in [4.69, 9.17) is 4.74 Å². The Morgan fingerprint density at radius 2 is 1.96 bits per heavy atom. The number of rotatable bonds is 7. The van der Waals surface area contributed by atoms with Crippen LogP contribution in [0.5, 0.6) is 5.75 Å². The molecule has 1 fully saturated rings. The third kappa shape index (κ3) is 5.09. The Morgan fingerprint density at radius 3 is 2.70 bits per heavy atom. The van der Waals surface area contributed by atoms with E-state index >= 15 is 0 Å². The van der Waals surface area contributed by atoms with Crippen LogP contribution in [-0.4, -0.2) is 36.4 Å². The van der Waals surface area contributed by atoms with E-state index in [2.05, 4.69) is 11.4 Å². The molecule has 0 radical (unpaired) electrons. The van der Waals surface area contributed by atoms with Crippen molar-refractivity contribution in [3.8, 4) is 5.75 Å². The SMILES string of the molecule is Cc1ccc(OCCNC(=O)[C@@H]2CC(=O)N(Cc3ccccc3)C2)c(C)c1. The second-order valence-electron chi connectivity index (χ2n) is 7.07. The summed E-state index contributed by atoms with van der Waals surface area (Å²) in [4.78, 5) is 26.3. The fourth-order valence-electron chi connectivity index (χ4n) is 3.35. The van der Waals surface area contributed by atoms with Gasteiger partial charge < -0.3 is 15.0 Å². The highest BCUT2D eigenvalue weighted by molar-refractivity contribution is 5.89. The minimum Gasteiger partial charge on any atom is -0.491 e. The van der Waals surface area contributed by atoms with E-state index in [9.17, 15) is 9.59 Å². The van der Waals surface area contributed by atoms with E-state index in [0.29, 0.717) is 26.2 Å². The van der Waals surface area contributed by atoms with Gasteiger partial charge >= 0.3 is 0 Å². The molecular weight excluding hydrogens is 340 g/mol. The average Bonchev–Trinajstić information content (AvgIpc) is 3.01. The van der Waals surface area contributed by atoms with Crippen LogP contribution in [0.1, 0.15) is 23.1 Å². The van der Waals surface area contributed by atoms with Crippen LogP contribution in [0.3, 0.4) is 0 Å². The number of amides is 2. The van der Waals surface area contributed by atoms with Gasteiger partial charge in [-0.25, -0.2) is 0 Å². The van der Waals surface area contributed by atoms with E-state index in [1.54, 1.807) is 4.90 Å². The third-order valence-electron chi connectivity index (χ3n) is 4.79. The molecule has 0 unspecified atom stereocenters. The highest BCUT2D eigenvalue weighted by Gasteiger charge is 2.33. The van der Waals surface area contributed by atoms with E-state index in [1.165, 1.54) is 5.56 Å². The number of ether oxygens (including phenoxy) is 1. The molecule has 1 aliphatic heterocycles. The molecule has 1 N–H and O–H groups in total. The molecule has 0 aliphatic carbocycles. The van der Waals surface area contributed by atoms with Crippen LogP contribution in [-0.2, 0) is 16.1 Å². The molecule has 1 saturated heterocycles. The number of hydrogen-bond acceptors (Lipinski definition) is 3. The number of likely N-dealkylation sites (tertiary alicyclic amines) is 1. The largest absolute Gasteiger partial charge is 0.491 e. The van der Waals surface area contributed by atoms with Crippen molar-refractivity contribution in [2.45, 2.75) is 26.8 Å². The standard InChI is InChI=1S/C22H26N2O3/c1-16-8-9-20(17(2)12-16)27-11-10-23-22(26)19-13-21(25)24(15-19)14-18-6-4-3-5-7-18/h3-9,12,19H,10-11,13-15H2,1-2H3,(H,23,26)/t19-/m1/s1. The Hall–Kier alpha value is -2.82. The fourth-order valence-corrected chi connectivity index (χ4v) is 3.35. The molecule has 142 valence electrons. The van der Waals surface area contributed by atoms with Gasteiger partial charge in [0, 0.05) is 19.5 Å². The van der Waals surface area contributed by atoms with Crippen LogP contribution in [0.4, 0.5) is 0 Å². The minimum atomic E-state index is -0.290. The molecule has 1 atom stereocenters. The molecule has 0 spiro atoms. The van der Waals surface area contributed by atoms with Crippen LogP contribution >= 0.6 is 0 Å². The first-order valence-electron chi connectivity index (χ1n) is 9.32. The summed E-state index contributed by atoms with van der Waals surface area (Å²) in [6.45, 7) is 5.91. The van der Waals surface area contributed by atoms with Gasteiger partial charge in [-0.15, -0.1) is 0 Å². The predicted octanol–water partition coefficient (Wildman–Crippen LogP) is 2.85. The molecule has 2 amide bonds. The third-order valence-corrected chi connectivity index (χ3v) is 4.79. The molecule has 0 saturated carbocycles. The van der Waals surface area contributed by atoms with Gasteiger partial charge in [0.15, 0.2) is 0 Å². The molecule has 5 heteroatoms. The van der Waals surface area contributed by atoms with Crippen molar-refractivity contribution in [1.82, 2.24) is 10.2 Å². The Kier molecular flexibility index (Phi) is 6.12. The summed E-state index contributed by atoms with van der Waals surface area (Å²) in [5, 5.41) is 2.89. The van der Waals surface area contributed by atoms with Crippen LogP contribution in [0.25, 0.3) is 0 Å². The first kappa shape index (κ1) is 19.0. The van der Waals surface area contributed by atoms with Crippen molar-refractivity contribution in [3.63, 3.8) is 0 Å². The van der Waals surface area contributed by atoms with Crippen LogP contribution < -0.4 is 10.1 Å². The summed E-state index contributed by atoms with van der Waals surface area (Å²) in [5.74, 6) is 0.496. The monoisotopic (exact) mass is 366 g/mol. The lowest BCUT2D eigenvalue weighted by Crippen LogP contribution is -2.35. The van der Waals surface area contributed by atoms with Gasteiger partial charge in [0.2, 0.25) is 11.8 Å². The molecule has 0 aromatic heterocycles. The zero-order valence-electron chi connectivity index (χ0n) is 15.9. The molecule has 1 aliphatic rings. The lowest BCUT2D eigenvalue weighted by molar-refractivity contribution is -0.129. The minimum absolute atomic E-state index is 0.0329. The summed E-state index contributed by atoms with van der Waals surface area (Å²) >= 11 is 0. The average molecular weight is 366 g/mol. The van der Waals surface area contributed by atoms with Gasteiger partial charge in [0.25, 0.3) is 0 Å². The number of carbonyl (C=O) groups excluding carboxylic acids is 2. The number of hydrogen-bond donors (Lipinski definition) is 1. The number of aryl methyl sites for hydroxylation is 2. The van der Waals surface area contributed by atoms with Crippen LogP contribution in [0.15, 0.2) is 48.5 Å². The van der Waals surface area contributed by atoms with Crippen molar-refractivity contribution in [2.75, 3.05) is 19.7 Å². The van der Waals surface area contributed by atoms with E-state index in [1.807, 2.05) is 56.3 Å². The summed E-state index contributed by atoms with van der Waals surface area (Å²) in [6.07, 6.45) is 0.274. The molecule has 2 aromatic rings. The van der Waals surface area contributed by atoms with E-state index in [0.717, 1.165) is 16.9 Å². The zero-order chi connectivity index (χ0) is 19.2. The summed E-state index contributed by atoms with van der Waals surface area (Å²) < 4.78 is 5.73. The normalized spacial score (nSPS) is 16.4. The highest BCUT2D eigenvalue weighted by Crippen LogP contribution is 2.21. The molecule has 5 nitrogen and oxygen atoms in total. The number of nitrogens with one attached hydrogen (secondary N) is 1. The van der Waals surface area contributed by atoms with Gasteiger partial charge in [0.1, 0.15) is 12.4 Å². The molecule has 3 rings (SSSR count). The molecule has 0 bridgehead atoms. The van der Waals surface area contributed by atoms with Gasteiger partial charge in [-0.3, -0.25) is 9.59 Å². The maximum Gasteiger partial charge on any atom is 0.225 e. The molecule has 2 aromatic carbocycles. The Balaban J connectivity index is 1.42. The lowest BCUT2D eigenvalue weighted by atomic mass is 10.1. The Labute approximate surface area is 160 Å². The predicted molar refractivity (Wildman–Crippen MR) is 104 cm³/mol. The number of benzene rings is 2. The van der Waals surface area contributed by atoms with Crippen LogP contribution in [0, 0.1) is 19.8 Å². The first-order chi connectivity index (χ1) is 13.0. The quantitative estimate of drug-likeness (QED) is 0.767. The molecule has 1 heterocycles. The fraction of sp³-hybridized carbons (Fsp3) is 0.364. The van der Waals surface area contributed by atoms with Gasteiger partial charge in [-0.1, -0.05) is 48.0 Å². The van der Waals surface area contributed by atoms with E-state index in [-0.39, 0.29) is 24.2 Å². The van der Waals surface area contributed by atoms with Gasteiger partial charge in [0.05, 0.1) is 12.5 Å². The Bertz CT molecular complexity index is 804. The zero-order valence-corrected chi connectivity index (χ0v) is 15.9. The van der Waals surface area contributed by atoms with Gasteiger partial charge in [-0.05, 0) is 31.0 Å². The van der Waals surface area contributed by atoms with Crippen molar-refractivity contribution < 1.29 is 14.3 Å². The Morgan fingerprint density at radius 1 is 1.19 bits per heavy atom. The first-order valence-corrected chi connectivity index (χ1v) is 9.32. The second kappa shape index (κ2) is 8.71. The summed E-state index contributed by atoms with van der Waals surface area (Å²) in [6, 6.07) is 15.9. The smallest absolute Gasteiger partial charge is 0.225 e. The van der Waals surface area contributed by atoms with Crippen molar-refractivity contribution >= 4 is 11.8 Å². The van der Waals surface area contributed by atoms with E-state index < -0.39 is 0 Å². The maximum absolute atomic E-state index is 12.4. The summed E-state index contributed by atoms with van der Waals surface area (Å²) in [7, 11) is 0. The van der Waals surface area contributed by atoms with Gasteiger partial charge in [-0.2, -0.15) is 0 Å². The summed E-state index contributed by atoms with van der Waals surface area (Å²) in [5.41, 5.74) is 3.35. The lowest BCUT2D eigenvalue weighted by Gasteiger charge is -2.17. The second-order valence-corrected chi connectivity index (χ2v) is 7.07.